The van der Waals surface area contributed by atoms with Gasteiger partial charge in [0.1, 0.15) is 0 Å². The van der Waals surface area contributed by atoms with Gasteiger partial charge in [-0.1, -0.05) is 0 Å². The summed E-state index contributed by atoms with van der Waals surface area (Å²) >= 11 is 0. The van der Waals surface area contributed by atoms with E-state index in [2.05, 4.69) is 4.74 Å². The van der Waals surface area contributed by atoms with Gasteiger partial charge >= 0.3 is 33.5 Å². The third kappa shape index (κ3) is 3.00. The van der Waals surface area contributed by atoms with Gasteiger partial charge in [0.25, 0.3) is 0 Å². The van der Waals surface area contributed by atoms with E-state index in [4.69, 9.17) is 4.55 Å². The van der Waals surface area contributed by atoms with Gasteiger partial charge in [0.05, 0.1) is 0 Å². The van der Waals surface area contributed by atoms with E-state index in [9.17, 15) is 43.5 Å². The molecule has 110 valence electrons. The second-order valence-corrected chi connectivity index (χ2v) is 4.49. The lowest BCUT2D eigenvalue weighted by Crippen LogP contribution is -2.55. The van der Waals surface area contributed by atoms with Crippen molar-refractivity contribution in [3.63, 3.8) is 0 Å². The molecule has 0 aromatic carbocycles. The molecule has 4 nitrogen and oxygen atoms in total. The molecule has 0 rings (SSSR count). The van der Waals surface area contributed by atoms with Crippen molar-refractivity contribution in [2.75, 3.05) is 0 Å². The highest BCUT2D eigenvalue weighted by molar-refractivity contribution is 7.86. The van der Waals surface area contributed by atoms with Crippen LogP contribution in [0.3, 0.4) is 0 Å². The van der Waals surface area contributed by atoms with E-state index in [1.165, 1.54) is 0 Å². The quantitative estimate of drug-likeness (QED) is 0.639. The number of alkyl halides is 8. The Morgan fingerprint density at radius 3 is 1.50 bits per heavy atom. The van der Waals surface area contributed by atoms with Gasteiger partial charge < -0.3 is 0 Å². The number of hydrogen-bond donors (Lipinski definition) is 1. The number of rotatable bonds is 4. The minimum Gasteiger partial charge on any atom is -0.281 e. The molecule has 0 aliphatic carbocycles. The Morgan fingerprint density at radius 2 is 1.28 bits per heavy atom. The summed E-state index contributed by atoms with van der Waals surface area (Å²) in [4.78, 5) is 0. The van der Waals surface area contributed by atoms with Crippen LogP contribution in [0, 0.1) is 0 Å². The van der Waals surface area contributed by atoms with Crippen LogP contribution >= 0.6 is 0 Å². The molecule has 13 heteroatoms. The third-order valence-electron chi connectivity index (χ3n) is 1.49. The van der Waals surface area contributed by atoms with Crippen LogP contribution in [0.4, 0.5) is 35.1 Å². The fourth-order valence-corrected chi connectivity index (χ4v) is 0.850. The maximum Gasteiger partial charge on any atom is 0.460 e. The van der Waals surface area contributed by atoms with E-state index in [0.29, 0.717) is 0 Å². The van der Waals surface area contributed by atoms with Gasteiger partial charge in [0, 0.05) is 6.92 Å². The fraction of sp³-hybridized carbons (Fsp3) is 1.00. The molecular formula is C5H4F8O4S. The maximum absolute atomic E-state index is 12.6. The second kappa shape index (κ2) is 4.16. The molecule has 18 heavy (non-hydrogen) atoms. The average molecular weight is 312 g/mol. The highest BCUT2D eigenvalue weighted by atomic mass is 32.2. The van der Waals surface area contributed by atoms with Crippen LogP contribution in [0.25, 0.3) is 0 Å². The van der Waals surface area contributed by atoms with Gasteiger partial charge in [-0.2, -0.15) is 39.2 Å². The molecule has 0 aromatic heterocycles. The molecule has 0 saturated carbocycles. The normalized spacial score (nSPS) is 18.6. The van der Waals surface area contributed by atoms with Gasteiger partial charge in [-0.3, -0.25) is 9.29 Å². The van der Waals surface area contributed by atoms with Crippen LogP contribution in [-0.2, 0) is 14.9 Å². The molecular weight excluding hydrogens is 308 g/mol. The smallest absolute Gasteiger partial charge is 0.281 e. The van der Waals surface area contributed by atoms with Crippen LogP contribution in [0.15, 0.2) is 0 Å². The Kier molecular flexibility index (Phi) is 4.00. The van der Waals surface area contributed by atoms with Crippen molar-refractivity contribution in [2.24, 2.45) is 0 Å². The van der Waals surface area contributed by atoms with E-state index >= 15 is 0 Å². The van der Waals surface area contributed by atoms with Crippen molar-refractivity contribution in [3.8, 4) is 0 Å². The zero-order valence-electron chi connectivity index (χ0n) is 8.10. The van der Waals surface area contributed by atoms with E-state index in [1.807, 2.05) is 0 Å². The molecule has 1 atom stereocenters. The minimum absolute atomic E-state index is 0.680. The lowest BCUT2D eigenvalue weighted by molar-refractivity contribution is -0.432. The predicted octanol–water partition coefficient (Wildman–Crippen LogP) is 2.32. The molecule has 0 bridgehead atoms. The highest BCUT2D eigenvalue weighted by Gasteiger charge is 2.72. The molecule has 0 heterocycles. The first-order valence-corrected chi connectivity index (χ1v) is 5.08. The van der Waals surface area contributed by atoms with Gasteiger partial charge in [0.2, 0.25) is 0 Å². The molecule has 0 aliphatic rings. The first-order chi connectivity index (χ1) is 7.46. The van der Waals surface area contributed by atoms with E-state index in [1.54, 1.807) is 0 Å². The predicted molar refractivity (Wildman–Crippen MR) is 38.1 cm³/mol. The summed E-state index contributed by atoms with van der Waals surface area (Å²) in [7, 11) is -6.82. The van der Waals surface area contributed by atoms with Gasteiger partial charge in [-0.25, -0.2) is 4.39 Å². The summed E-state index contributed by atoms with van der Waals surface area (Å²) in [5.41, 5.74) is 0. The monoisotopic (exact) mass is 312 g/mol. The second-order valence-electron chi connectivity index (χ2n) is 3.03. The molecule has 0 aromatic rings. The number of ether oxygens (including phenoxy) is 1. The summed E-state index contributed by atoms with van der Waals surface area (Å²) in [5.74, 6) is -5.26. The zero-order chi connectivity index (χ0) is 15.2. The van der Waals surface area contributed by atoms with Crippen molar-refractivity contribution in [1.82, 2.24) is 0 Å². The topological polar surface area (TPSA) is 63.6 Å². The van der Waals surface area contributed by atoms with Crippen LogP contribution in [0.5, 0.6) is 0 Å². The van der Waals surface area contributed by atoms with Crippen molar-refractivity contribution >= 4 is 10.1 Å². The maximum atomic E-state index is 12.6. The van der Waals surface area contributed by atoms with Gasteiger partial charge in [-0.05, 0) is 0 Å². The fourth-order valence-electron chi connectivity index (χ4n) is 0.508. The highest BCUT2D eigenvalue weighted by Crippen LogP contribution is 2.46. The Bertz CT molecular complexity index is 410. The SMILES string of the molecule is CC(F)(OC(F)(F)C(F)(F)S(=O)(=O)O)C(F)(F)F. The summed E-state index contributed by atoms with van der Waals surface area (Å²) in [6.07, 6.45) is -12.6. The van der Waals surface area contributed by atoms with E-state index < -0.39 is 40.4 Å². The van der Waals surface area contributed by atoms with Crippen LogP contribution in [0.2, 0.25) is 0 Å². The molecule has 0 spiro atoms. The molecule has 0 aliphatic heterocycles. The van der Waals surface area contributed by atoms with Crippen LogP contribution < -0.4 is 0 Å². The molecule has 1 unspecified atom stereocenters. The van der Waals surface area contributed by atoms with Crippen LogP contribution in [-0.4, -0.2) is 36.4 Å². The first-order valence-electron chi connectivity index (χ1n) is 3.64. The number of halogens is 8. The largest absolute Gasteiger partial charge is 0.460 e. The lowest BCUT2D eigenvalue weighted by Gasteiger charge is -2.30. The van der Waals surface area contributed by atoms with E-state index in [-0.39, 0.29) is 0 Å². The molecule has 1 N–H and O–H groups in total. The van der Waals surface area contributed by atoms with Crippen LogP contribution in [0.1, 0.15) is 6.92 Å². The van der Waals surface area contributed by atoms with Gasteiger partial charge in [0.15, 0.2) is 0 Å². The molecule has 0 fully saturated rings. The van der Waals surface area contributed by atoms with E-state index in [0.717, 1.165) is 0 Å². The standard InChI is InChI=1S/C5H4F8O4S/c1-2(6,3(7,8)9)17-4(10,11)5(12,13)18(14,15)16/h1H3,(H,14,15,16). The van der Waals surface area contributed by atoms with Crippen molar-refractivity contribution in [3.05, 3.63) is 0 Å². The Labute approximate surface area is 94.3 Å². The summed E-state index contributed by atoms with van der Waals surface area (Å²) in [6.45, 7) is -0.680. The van der Waals surface area contributed by atoms with Crippen molar-refractivity contribution in [1.29, 1.82) is 0 Å². The number of hydrogen-bond acceptors (Lipinski definition) is 3. The summed E-state index contributed by atoms with van der Waals surface area (Å²) in [6, 6.07) is 0. The lowest BCUT2D eigenvalue weighted by atomic mass is 10.3. The Balaban J connectivity index is 5.47. The average Bonchev–Trinajstić information content (AvgIpc) is 1.96. The van der Waals surface area contributed by atoms with Gasteiger partial charge in [-0.15, -0.1) is 0 Å². The summed E-state index contributed by atoms with van der Waals surface area (Å²) in [5, 5.41) is -6.46. The Morgan fingerprint density at radius 1 is 0.944 bits per heavy atom. The zero-order valence-corrected chi connectivity index (χ0v) is 8.92. The molecule has 0 saturated heterocycles. The molecule has 0 amide bonds. The van der Waals surface area contributed by atoms with Crippen molar-refractivity contribution < 1.29 is 52.8 Å². The Hall–Kier alpha value is -0.690. The first kappa shape index (κ1) is 17.3. The van der Waals surface area contributed by atoms with Crippen molar-refractivity contribution in [2.45, 2.75) is 30.3 Å². The minimum atomic E-state index is -6.82. The summed E-state index contributed by atoms with van der Waals surface area (Å²) < 4.78 is 127. The third-order valence-corrected chi connectivity index (χ3v) is 2.37. The molecule has 0 radical (unpaired) electrons.